The molecule has 0 amide bonds. The summed E-state index contributed by atoms with van der Waals surface area (Å²) in [5, 5.41) is 0. The Labute approximate surface area is 99.3 Å². The summed E-state index contributed by atoms with van der Waals surface area (Å²) in [6.07, 6.45) is 5.05. The monoisotopic (exact) mass is 226 g/mol. The average molecular weight is 226 g/mol. The Morgan fingerprint density at radius 1 is 1.31 bits per heavy atom. The number of hydrogen-bond acceptors (Lipinski definition) is 3. The molecule has 1 saturated carbocycles. The molecule has 0 aromatic rings. The van der Waals surface area contributed by atoms with Crippen molar-refractivity contribution in [1.29, 1.82) is 0 Å². The minimum Gasteiger partial charge on any atom is -0.381 e. The van der Waals surface area contributed by atoms with Crippen molar-refractivity contribution in [3.8, 4) is 0 Å². The normalized spacial score (nSPS) is 25.3. The van der Waals surface area contributed by atoms with Gasteiger partial charge in [-0.15, -0.1) is 0 Å². The Kier molecular flexibility index (Phi) is 3.88. The van der Waals surface area contributed by atoms with Gasteiger partial charge in [-0.3, -0.25) is 4.90 Å². The summed E-state index contributed by atoms with van der Waals surface area (Å²) in [6, 6.07) is 0.599. The first kappa shape index (κ1) is 12.3. The van der Waals surface area contributed by atoms with E-state index in [0.29, 0.717) is 6.04 Å². The van der Waals surface area contributed by atoms with Crippen LogP contribution in [0.25, 0.3) is 0 Å². The van der Waals surface area contributed by atoms with E-state index in [9.17, 15) is 0 Å². The highest BCUT2D eigenvalue weighted by molar-refractivity contribution is 4.97. The van der Waals surface area contributed by atoms with Gasteiger partial charge in [0.2, 0.25) is 0 Å². The van der Waals surface area contributed by atoms with Crippen LogP contribution in [-0.2, 0) is 4.74 Å². The molecule has 3 heteroatoms. The SMILES string of the molecule is CC(C)N(CC1CC1)C1(CN)CCOCC1. The minimum absolute atomic E-state index is 0.217. The third-order valence-corrected chi connectivity index (χ3v) is 4.19. The lowest BCUT2D eigenvalue weighted by atomic mass is 9.86. The second-order valence-corrected chi connectivity index (χ2v) is 5.73. The second kappa shape index (κ2) is 5.03. The third kappa shape index (κ3) is 2.58. The van der Waals surface area contributed by atoms with E-state index < -0.39 is 0 Å². The van der Waals surface area contributed by atoms with Gasteiger partial charge >= 0.3 is 0 Å². The molecular formula is C13H26N2O. The lowest BCUT2D eigenvalue weighted by molar-refractivity contribution is -0.0398. The number of nitrogens with two attached hydrogens (primary N) is 1. The number of nitrogens with zero attached hydrogens (tertiary/aromatic N) is 1. The first-order chi connectivity index (χ1) is 7.68. The molecule has 3 nitrogen and oxygen atoms in total. The van der Waals surface area contributed by atoms with Gasteiger partial charge in [0, 0.05) is 37.9 Å². The van der Waals surface area contributed by atoms with Crippen molar-refractivity contribution >= 4 is 0 Å². The molecule has 2 fully saturated rings. The summed E-state index contributed by atoms with van der Waals surface area (Å²) < 4.78 is 5.49. The van der Waals surface area contributed by atoms with Crippen molar-refractivity contribution in [1.82, 2.24) is 4.90 Å². The predicted octanol–water partition coefficient (Wildman–Crippen LogP) is 1.61. The van der Waals surface area contributed by atoms with Gasteiger partial charge < -0.3 is 10.5 Å². The summed E-state index contributed by atoms with van der Waals surface area (Å²) in [6.45, 7) is 8.39. The molecule has 2 N–H and O–H groups in total. The fourth-order valence-electron chi connectivity index (χ4n) is 2.89. The van der Waals surface area contributed by atoms with Crippen LogP contribution in [0.15, 0.2) is 0 Å². The number of ether oxygens (including phenoxy) is 1. The lowest BCUT2D eigenvalue weighted by Crippen LogP contribution is -2.59. The minimum atomic E-state index is 0.217. The third-order valence-electron chi connectivity index (χ3n) is 4.19. The fraction of sp³-hybridized carbons (Fsp3) is 1.00. The van der Waals surface area contributed by atoms with Crippen molar-refractivity contribution in [2.75, 3.05) is 26.3 Å². The van der Waals surface area contributed by atoms with Crippen molar-refractivity contribution in [3.05, 3.63) is 0 Å². The Balaban J connectivity index is 2.06. The number of rotatable bonds is 5. The van der Waals surface area contributed by atoms with E-state index in [1.165, 1.54) is 19.4 Å². The topological polar surface area (TPSA) is 38.5 Å². The van der Waals surface area contributed by atoms with E-state index in [2.05, 4.69) is 18.7 Å². The molecule has 0 bridgehead atoms. The Morgan fingerprint density at radius 3 is 2.38 bits per heavy atom. The average Bonchev–Trinajstić information content (AvgIpc) is 3.10. The van der Waals surface area contributed by atoms with Crippen LogP contribution in [-0.4, -0.2) is 42.8 Å². The van der Waals surface area contributed by atoms with Crippen LogP contribution >= 0.6 is 0 Å². The van der Waals surface area contributed by atoms with Gasteiger partial charge in [-0.2, -0.15) is 0 Å². The Bertz CT molecular complexity index is 220. The Morgan fingerprint density at radius 2 is 1.94 bits per heavy atom. The molecule has 94 valence electrons. The summed E-state index contributed by atoms with van der Waals surface area (Å²) >= 11 is 0. The highest BCUT2D eigenvalue weighted by Crippen LogP contribution is 2.36. The first-order valence-corrected chi connectivity index (χ1v) is 6.72. The molecule has 1 heterocycles. The molecule has 0 aromatic heterocycles. The molecule has 16 heavy (non-hydrogen) atoms. The molecule has 2 rings (SSSR count). The zero-order chi connectivity index (χ0) is 11.6. The zero-order valence-electron chi connectivity index (χ0n) is 10.7. The maximum atomic E-state index is 6.08. The van der Waals surface area contributed by atoms with Crippen molar-refractivity contribution in [2.24, 2.45) is 11.7 Å². The fourth-order valence-corrected chi connectivity index (χ4v) is 2.89. The van der Waals surface area contributed by atoms with Crippen LogP contribution in [0.5, 0.6) is 0 Å². The summed E-state index contributed by atoms with van der Waals surface area (Å²) in [4.78, 5) is 2.66. The summed E-state index contributed by atoms with van der Waals surface area (Å²) in [5.41, 5.74) is 6.29. The van der Waals surface area contributed by atoms with E-state index in [1.807, 2.05) is 0 Å². The molecule has 1 saturated heterocycles. The van der Waals surface area contributed by atoms with E-state index >= 15 is 0 Å². The highest BCUT2D eigenvalue weighted by atomic mass is 16.5. The molecular weight excluding hydrogens is 200 g/mol. The quantitative estimate of drug-likeness (QED) is 0.774. The van der Waals surface area contributed by atoms with Gasteiger partial charge in [-0.05, 0) is 45.4 Å². The van der Waals surface area contributed by atoms with E-state index in [0.717, 1.165) is 38.5 Å². The molecule has 0 unspecified atom stereocenters. The van der Waals surface area contributed by atoms with Crippen molar-refractivity contribution in [3.63, 3.8) is 0 Å². The largest absolute Gasteiger partial charge is 0.381 e. The molecule has 1 aliphatic carbocycles. The molecule has 2 aliphatic rings. The lowest BCUT2D eigenvalue weighted by Gasteiger charge is -2.48. The molecule has 0 radical (unpaired) electrons. The molecule has 0 spiro atoms. The standard InChI is InChI=1S/C13H26N2O/c1-11(2)15(9-12-3-4-12)13(10-14)5-7-16-8-6-13/h11-12H,3-10,14H2,1-2H3. The van der Waals surface area contributed by atoms with Crippen molar-refractivity contribution in [2.45, 2.75) is 51.1 Å². The van der Waals surface area contributed by atoms with Crippen LogP contribution in [0.4, 0.5) is 0 Å². The van der Waals surface area contributed by atoms with Gasteiger partial charge in [0.1, 0.15) is 0 Å². The van der Waals surface area contributed by atoms with Crippen LogP contribution in [0.1, 0.15) is 39.5 Å². The van der Waals surface area contributed by atoms with Crippen molar-refractivity contribution < 1.29 is 4.74 Å². The predicted molar refractivity (Wildman–Crippen MR) is 66.4 cm³/mol. The van der Waals surface area contributed by atoms with Crippen LogP contribution in [0.3, 0.4) is 0 Å². The smallest absolute Gasteiger partial charge is 0.0484 e. The number of hydrogen-bond donors (Lipinski definition) is 1. The van der Waals surface area contributed by atoms with Gasteiger partial charge in [-0.1, -0.05) is 0 Å². The van der Waals surface area contributed by atoms with Gasteiger partial charge in [0.05, 0.1) is 0 Å². The molecule has 0 atom stereocenters. The van der Waals surface area contributed by atoms with Crippen LogP contribution in [0, 0.1) is 5.92 Å². The molecule has 1 aliphatic heterocycles. The van der Waals surface area contributed by atoms with Gasteiger partial charge in [-0.25, -0.2) is 0 Å². The molecule has 0 aromatic carbocycles. The zero-order valence-corrected chi connectivity index (χ0v) is 10.7. The van der Waals surface area contributed by atoms with Crippen LogP contribution < -0.4 is 5.73 Å². The van der Waals surface area contributed by atoms with Gasteiger partial charge in [0.15, 0.2) is 0 Å². The highest BCUT2D eigenvalue weighted by Gasteiger charge is 2.40. The van der Waals surface area contributed by atoms with E-state index in [4.69, 9.17) is 10.5 Å². The van der Waals surface area contributed by atoms with E-state index in [1.54, 1.807) is 0 Å². The maximum Gasteiger partial charge on any atom is 0.0484 e. The second-order valence-electron chi connectivity index (χ2n) is 5.73. The van der Waals surface area contributed by atoms with Crippen LogP contribution in [0.2, 0.25) is 0 Å². The van der Waals surface area contributed by atoms with E-state index in [-0.39, 0.29) is 5.54 Å². The van der Waals surface area contributed by atoms with Gasteiger partial charge in [0.25, 0.3) is 0 Å². The summed E-state index contributed by atoms with van der Waals surface area (Å²) in [7, 11) is 0. The Hall–Kier alpha value is -0.120. The summed E-state index contributed by atoms with van der Waals surface area (Å²) in [5.74, 6) is 0.939. The first-order valence-electron chi connectivity index (χ1n) is 6.72. The maximum absolute atomic E-state index is 6.08.